The molecule has 1 saturated heterocycles. The summed E-state index contributed by atoms with van der Waals surface area (Å²) < 4.78 is 0.957. The number of anilines is 2. The van der Waals surface area contributed by atoms with Gasteiger partial charge in [0.1, 0.15) is 0 Å². The third kappa shape index (κ3) is 4.50. The Morgan fingerprint density at radius 1 is 1.03 bits per heavy atom. The molecule has 0 radical (unpaired) electrons. The molecule has 0 spiro atoms. The van der Waals surface area contributed by atoms with Crippen molar-refractivity contribution in [3.63, 3.8) is 0 Å². The van der Waals surface area contributed by atoms with Crippen LogP contribution in [0.4, 0.5) is 11.4 Å². The Balaban J connectivity index is 1.42. The van der Waals surface area contributed by atoms with Crippen molar-refractivity contribution in [2.24, 2.45) is 0 Å². The molecule has 154 valence electrons. The minimum absolute atomic E-state index is 0.227. The van der Waals surface area contributed by atoms with E-state index in [-0.39, 0.29) is 11.0 Å². The Morgan fingerprint density at radius 2 is 1.77 bits per heavy atom. The van der Waals surface area contributed by atoms with Gasteiger partial charge in [-0.15, -0.1) is 0 Å². The monoisotopic (exact) mass is 481 g/mol. The first kappa shape index (κ1) is 20.8. The Bertz CT molecular complexity index is 1080. The average Bonchev–Trinajstić information content (AvgIpc) is 2.74. The number of hydrogen-bond donors (Lipinski definition) is 2. The molecule has 2 N–H and O–H groups in total. The molecular formula is C24H24BrN3OS. The molecule has 1 fully saturated rings. The van der Waals surface area contributed by atoms with E-state index in [1.807, 2.05) is 42.5 Å². The molecule has 1 aliphatic heterocycles. The van der Waals surface area contributed by atoms with E-state index in [1.54, 1.807) is 6.07 Å². The lowest BCUT2D eigenvalue weighted by molar-refractivity contribution is 0.0979. The summed E-state index contributed by atoms with van der Waals surface area (Å²) in [6.07, 6.45) is 3.78. The number of halogens is 1. The fourth-order valence-corrected chi connectivity index (χ4v) is 4.73. The van der Waals surface area contributed by atoms with Crippen molar-refractivity contribution in [1.82, 2.24) is 5.32 Å². The van der Waals surface area contributed by atoms with Crippen molar-refractivity contribution in [3.8, 4) is 0 Å². The Labute approximate surface area is 190 Å². The van der Waals surface area contributed by atoms with Crippen LogP contribution in [0.25, 0.3) is 10.8 Å². The molecule has 0 saturated carbocycles. The van der Waals surface area contributed by atoms with Crippen molar-refractivity contribution in [3.05, 3.63) is 70.7 Å². The second-order valence-corrected chi connectivity index (χ2v) is 8.90. The zero-order valence-electron chi connectivity index (χ0n) is 16.8. The molecule has 1 amide bonds. The zero-order valence-corrected chi connectivity index (χ0v) is 19.2. The third-order valence-corrected chi connectivity index (χ3v) is 6.50. The molecule has 1 heterocycles. The SMILES string of the molecule is C[C@H]1CCCCN1c1ccc(NC(=S)NC(=O)c2cccc3c(Br)cccc23)cc1. The van der Waals surface area contributed by atoms with Crippen LogP contribution < -0.4 is 15.5 Å². The topological polar surface area (TPSA) is 44.4 Å². The van der Waals surface area contributed by atoms with Crippen molar-refractivity contribution >= 4 is 61.3 Å². The van der Waals surface area contributed by atoms with Gasteiger partial charge >= 0.3 is 0 Å². The van der Waals surface area contributed by atoms with E-state index in [0.29, 0.717) is 11.6 Å². The van der Waals surface area contributed by atoms with E-state index in [0.717, 1.165) is 27.5 Å². The van der Waals surface area contributed by atoms with Crippen molar-refractivity contribution < 1.29 is 4.79 Å². The molecular weight excluding hydrogens is 458 g/mol. The third-order valence-electron chi connectivity index (χ3n) is 5.60. The maximum Gasteiger partial charge on any atom is 0.258 e. The number of hydrogen-bond acceptors (Lipinski definition) is 3. The largest absolute Gasteiger partial charge is 0.369 e. The molecule has 4 rings (SSSR count). The maximum atomic E-state index is 12.8. The first-order chi connectivity index (χ1) is 14.5. The van der Waals surface area contributed by atoms with Gasteiger partial charge in [-0.1, -0.05) is 40.2 Å². The standard InChI is InChI=1S/C24H24BrN3OS/c1-16-6-2-3-15-28(16)18-13-11-17(12-14-18)26-24(30)27-23(29)21-9-4-8-20-19(21)7-5-10-22(20)25/h4-5,7-14,16H,2-3,6,15H2,1H3,(H2,26,27,29,30)/t16-/m0/s1. The van der Waals surface area contributed by atoms with Crippen molar-refractivity contribution in [1.29, 1.82) is 0 Å². The number of fused-ring (bicyclic) bond motifs is 1. The van der Waals surface area contributed by atoms with E-state index in [9.17, 15) is 4.79 Å². The van der Waals surface area contributed by atoms with Crippen LogP contribution in [0.2, 0.25) is 0 Å². The molecule has 0 aliphatic carbocycles. The van der Waals surface area contributed by atoms with Crippen LogP contribution >= 0.6 is 28.1 Å². The van der Waals surface area contributed by atoms with Gasteiger partial charge in [0, 0.05) is 34.0 Å². The molecule has 1 aliphatic rings. The predicted octanol–water partition coefficient (Wildman–Crippen LogP) is 6.11. The maximum absolute atomic E-state index is 12.8. The molecule has 0 unspecified atom stereocenters. The van der Waals surface area contributed by atoms with Crippen LogP contribution in [0.1, 0.15) is 36.5 Å². The predicted molar refractivity (Wildman–Crippen MR) is 132 cm³/mol. The van der Waals surface area contributed by atoms with Gasteiger partial charge in [-0.25, -0.2) is 0 Å². The summed E-state index contributed by atoms with van der Waals surface area (Å²) in [7, 11) is 0. The Morgan fingerprint density at radius 3 is 2.53 bits per heavy atom. The van der Waals surface area contributed by atoms with Gasteiger partial charge in [-0.05, 0) is 85.6 Å². The van der Waals surface area contributed by atoms with Gasteiger partial charge in [0.25, 0.3) is 5.91 Å². The smallest absolute Gasteiger partial charge is 0.258 e. The Kier molecular flexibility index (Phi) is 6.35. The molecule has 30 heavy (non-hydrogen) atoms. The summed E-state index contributed by atoms with van der Waals surface area (Å²) in [4.78, 5) is 15.3. The normalized spacial score (nSPS) is 16.3. The summed E-state index contributed by atoms with van der Waals surface area (Å²) in [6.45, 7) is 3.38. The molecule has 0 aromatic heterocycles. The summed E-state index contributed by atoms with van der Waals surface area (Å²) in [5.74, 6) is -0.227. The minimum atomic E-state index is -0.227. The average molecular weight is 482 g/mol. The minimum Gasteiger partial charge on any atom is -0.369 e. The highest BCUT2D eigenvalue weighted by Crippen LogP contribution is 2.27. The molecule has 0 bridgehead atoms. The number of piperidine rings is 1. The lowest BCUT2D eigenvalue weighted by atomic mass is 10.0. The molecule has 1 atom stereocenters. The lowest BCUT2D eigenvalue weighted by Crippen LogP contribution is -2.37. The van der Waals surface area contributed by atoms with Gasteiger partial charge < -0.3 is 10.2 Å². The van der Waals surface area contributed by atoms with Crippen molar-refractivity contribution in [2.75, 3.05) is 16.8 Å². The lowest BCUT2D eigenvalue weighted by Gasteiger charge is -2.35. The second-order valence-electron chi connectivity index (χ2n) is 7.63. The number of benzene rings is 3. The number of rotatable bonds is 3. The summed E-state index contributed by atoms with van der Waals surface area (Å²) in [6, 6.07) is 20.3. The summed E-state index contributed by atoms with van der Waals surface area (Å²) >= 11 is 8.91. The summed E-state index contributed by atoms with van der Waals surface area (Å²) in [5.41, 5.74) is 2.67. The molecule has 6 heteroatoms. The second kappa shape index (κ2) is 9.14. The highest BCUT2D eigenvalue weighted by molar-refractivity contribution is 9.10. The first-order valence-electron chi connectivity index (χ1n) is 10.2. The highest BCUT2D eigenvalue weighted by atomic mass is 79.9. The molecule has 3 aromatic rings. The van der Waals surface area contributed by atoms with E-state index in [4.69, 9.17) is 12.2 Å². The van der Waals surface area contributed by atoms with Crippen LogP contribution in [0, 0.1) is 0 Å². The van der Waals surface area contributed by atoms with Gasteiger partial charge in [0.2, 0.25) is 0 Å². The van der Waals surface area contributed by atoms with E-state index in [2.05, 4.69) is 50.5 Å². The number of nitrogens with zero attached hydrogens (tertiary/aromatic N) is 1. The van der Waals surface area contributed by atoms with Gasteiger partial charge in [-0.3, -0.25) is 10.1 Å². The van der Waals surface area contributed by atoms with E-state index >= 15 is 0 Å². The Hall–Kier alpha value is -2.44. The molecule has 3 aromatic carbocycles. The van der Waals surface area contributed by atoms with Crippen LogP contribution in [-0.2, 0) is 0 Å². The van der Waals surface area contributed by atoms with E-state index in [1.165, 1.54) is 24.9 Å². The number of carbonyl (C=O) groups excluding carboxylic acids is 1. The fourth-order valence-electron chi connectivity index (χ4n) is 4.02. The van der Waals surface area contributed by atoms with Gasteiger partial charge in [0.15, 0.2) is 5.11 Å². The first-order valence-corrected chi connectivity index (χ1v) is 11.4. The van der Waals surface area contributed by atoms with Gasteiger partial charge in [-0.2, -0.15) is 0 Å². The zero-order chi connectivity index (χ0) is 21.1. The van der Waals surface area contributed by atoms with E-state index < -0.39 is 0 Å². The van der Waals surface area contributed by atoms with Crippen LogP contribution in [-0.4, -0.2) is 23.6 Å². The fraction of sp³-hybridized carbons (Fsp3) is 0.250. The quantitative estimate of drug-likeness (QED) is 0.443. The number of thiocarbonyl (C=S) groups is 1. The van der Waals surface area contributed by atoms with Gasteiger partial charge in [0.05, 0.1) is 0 Å². The number of carbonyl (C=O) groups is 1. The van der Waals surface area contributed by atoms with Crippen LogP contribution in [0.5, 0.6) is 0 Å². The van der Waals surface area contributed by atoms with Crippen LogP contribution in [0.3, 0.4) is 0 Å². The number of nitrogens with one attached hydrogen (secondary N) is 2. The summed E-state index contributed by atoms with van der Waals surface area (Å²) in [5, 5.41) is 8.07. The molecule has 4 nitrogen and oxygen atoms in total. The number of amides is 1. The van der Waals surface area contributed by atoms with Crippen LogP contribution in [0.15, 0.2) is 65.1 Å². The highest BCUT2D eigenvalue weighted by Gasteiger charge is 2.18. The van der Waals surface area contributed by atoms with Crippen molar-refractivity contribution in [2.45, 2.75) is 32.2 Å².